The Hall–Kier alpha value is -11.0. The van der Waals surface area contributed by atoms with E-state index in [0.29, 0.717) is 53.2 Å². The summed E-state index contributed by atoms with van der Waals surface area (Å²) in [5.74, 6) is -3.53. The summed E-state index contributed by atoms with van der Waals surface area (Å²) in [5.41, 5.74) is 5.22. The van der Waals surface area contributed by atoms with Crippen molar-refractivity contribution in [2.24, 2.45) is 0 Å². The number of nitrogen functional groups attached to an aromatic ring is 1. The van der Waals surface area contributed by atoms with Crippen LogP contribution in [0.4, 0.5) is 44.9 Å². The number of urea groups is 1. The van der Waals surface area contributed by atoms with E-state index in [1.54, 1.807) is 13.8 Å². The van der Waals surface area contributed by atoms with Crippen molar-refractivity contribution in [3.05, 3.63) is 184 Å². The van der Waals surface area contributed by atoms with E-state index in [0.717, 1.165) is 12.1 Å². The molecule has 37 nitrogen and oxygen atoms in total. The molecule has 0 unspecified atom stereocenters. The number of nitrogens with one attached hydrogen (secondary N) is 7. The lowest BCUT2D eigenvalue weighted by Gasteiger charge is -2.16. The van der Waals surface area contributed by atoms with Crippen molar-refractivity contribution in [1.29, 1.82) is 0 Å². The number of aryl methyl sites for hydroxylation is 2. The first kappa shape index (κ1) is 75.2. The molecule has 2 aromatic heterocycles. The quantitative estimate of drug-likeness (QED) is 0.0335. The van der Waals surface area contributed by atoms with E-state index in [4.69, 9.17) is 15.6 Å². The molecule has 0 radical (unpaired) electrons. The maximum atomic E-state index is 13.7. The van der Waals surface area contributed by atoms with E-state index in [2.05, 4.69) is 46.9 Å². The smallest absolute Gasteiger partial charge is 0.323 e. The summed E-state index contributed by atoms with van der Waals surface area (Å²) in [6.07, 6.45) is 1.43. The second-order valence-corrected chi connectivity index (χ2v) is 29.9. The van der Waals surface area contributed by atoms with Crippen LogP contribution in [0.5, 0.6) is 0 Å². The average molecular weight is 1520 g/mol. The van der Waals surface area contributed by atoms with E-state index < -0.39 is 153 Å². The van der Waals surface area contributed by atoms with Gasteiger partial charge in [-0.05, 0) is 134 Å². The highest BCUT2D eigenvalue weighted by Crippen LogP contribution is 2.39. The molecule has 0 aliphatic carbocycles. The highest BCUT2D eigenvalue weighted by molar-refractivity contribution is 7.88. The molecule has 43 heteroatoms. The molecule has 2 heterocycles. The van der Waals surface area contributed by atoms with Gasteiger partial charge in [0, 0.05) is 66.5 Å². The second kappa shape index (κ2) is 28.9. The fraction of sp³-hybridized carbons (Fsp3) is 0.0847. The summed E-state index contributed by atoms with van der Waals surface area (Å²) >= 11 is 0. The first-order valence-electron chi connectivity index (χ1n) is 28.2. The minimum atomic E-state index is -5.45. The molecule has 0 spiro atoms. The number of H-pyrrole nitrogens is 1. The third-order valence-corrected chi connectivity index (χ3v) is 19.7. The molecule has 10 rings (SSSR count). The number of anilines is 7. The lowest BCUT2D eigenvalue weighted by molar-refractivity contribution is 0.0499. The zero-order chi connectivity index (χ0) is 74.9. The average Bonchev–Trinajstić information content (AvgIpc) is 0.853. The van der Waals surface area contributed by atoms with Gasteiger partial charge >= 0.3 is 6.03 Å². The maximum Gasteiger partial charge on any atom is 0.323 e. The number of aromatic amines is 1. The van der Waals surface area contributed by atoms with Gasteiger partial charge < -0.3 is 47.5 Å². The minimum absolute atomic E-state index is 0.0223. The monoisotopic (exact) mass is 1520 g/mol. The van der Waals surface area contributed by atoms with E-state index >= 15 is 0 Å². The zero-order valence-corrected chi connectivity index (χ0v) is 56.6. The van der Waals surface area contributed by atoms with Crippen LogP contribution in [0.15, 0.2) is 174 Å². The van der Waals surface area contributed by atoms with Gasteiger partial charge in [-0.2, -0.15) is 55.5 Å². The summed E-state index contributed by atoms with van der Waals surface area (Å²) in [6, 6.07) is 22.6. The Balaban J connectivity index is 0.000000661. The molecule has 0 aliphatic rings. The maximum absolute atomic E-state index is 13.7. The van der Waals surface area contributed by atoms with Crippen molar-refractivity contribution in [3.63, 3.8) is 0 Å². The normalized spacial score (nSPS) is 12.1. The summed E-state index contributed by atoms with van der Waals surface area (Å²) in [6.45, 7) is 3.42. The summed E-state index contributed by atoms with van der Waals surface area (Å²) in [7, 11) is -31.9. The number of nitrogens with zero attached hydrogens (tertiary/aromatic N) is 3. The van der Waals surface area contributed by atoms with Gasteiger partial charge in [0.2, 0.25) is 5.95 Å². The van der Waals surface area contributed by atoms with Gasteiger partial charge in [0.05, 0.1) is 40.7 Å². The Morgan fingerprint density at radius 1 is 0.480 bits per heavy atom. The summed E-state index contributed by atoms with van der Waals surface area (Å²) in [5, 5.41) is 20.3. The van der Waals surface area contributed by atoms with Crippen LogP contribution in [0.1, 0.15) is 52.6 Å². The largest absolute Gasteiger partial charge is 0.394 e. The van der Waals surface area contributed by atoms with Crippen LogP contribution in [0.2, 0.25) is 0 Å². The van der Waals surface area contributed by atoms with Crippen LogP contribution in [0, 0.1) is 13.8 Å². The molecule has 534 valence electrons. The number of imidazole rings is 1. The highest BCUT2D eigenvalue weighted by atomic mass is 32.2. The first-order valence-corrected chi connectivity index (χ1v) is 36.8. The Kier molecular flexibility index (Phi) is 21.3. The van der Waals surface area contributed by atoms with Crippen molar-refractivity contribution in [2.45, 2.75) is 50.0 Å². The van der Waals surface area contributed by atoms with Gasteiger partial charge in [-0.1, -0.05) is 24.3 Å². The second-order valence-electron chi connectivity index (χ2n) is 21.5. The number of nitrogens with two attached hydrogens (primary N) is 1. The molecule has 6 amide bonds. The SMILES string of the molecule is Cc1ccc(C(=O)Nc2ccc(S(=O)(=O)O)c3cc(S(=O)(=O)O)cc(S(=O)(=O)O)c23)cc1NC(=O)c1cccc(NC(=O)Nc2cccc(C(=O)Nc3cc(C(=O)Nc4ccc(S(=O)(=O)O)c5cc(S(=O)(=O)O)cc(S(=O)(=O)O)c45)ccc3C)c2)c1.Nc1nc2c(ncn2COCCO)c(=O)[nH]1. The topological polar surface area (TPSA) is 603 Å². The number of aromatic nitrogens is 4. The molecular formula is C59H51N11O26S6. The molecule has 10 aromatic rings. The van der Waals surface area contributed by atoms with Gasteiger partial charge in [-0.3, -0.25) is 60.8 Å². The number of carbonyl (C=O) groups excluding carboxylic acids is 5. The number of ether oxygens (including phenoxy) is 1. The van der Waals surface area contributed by atoms with E-state index in [1.807, 2.05) is 0 Å². The van der Waals surface area contributed by atoms with Gasteiger partial charge in [-0.25, -0.2) is 9.78 Å². The molecule has 16 N–H and O–H groups in total. The van der Waals surface area contributed by atoms with Crippen LogP contribution in [-0.2, 0) is 72.2 Å². The Bertz CT molecular complexity index is 5680. The van der Waals surface area contributed by atoms with Crippen LogP contribution in [0.25, 0.3) is 32.7 Å². The minimum Gasteiger partial charge on any atom is -0.394 e. The fourth-order valence-electron chi connectivity index (χ4n) is 9.79. The predicted octanol–water partition coefficient (Wildman–Crippen LogP) is 5.41. The molecule has 0 aliphatic heterocycles. The first-order chi connectivity index (χ1) is 47.5. The van der Waals surface area contributed by atoms with Crippen LogP contribution in [-0.4, -0.2) is 145 Å². The molecule has 102 heavy (non-hydrogen) atoms. The molecule has 0 saturated carbocycles. The lowest BCUT2D eigenvalue weighted by atomic mass is 10.1. The van der Waals surface area contributed by atoms with E-state index in [-0.39, 0.29) is 82.0 Å². The predicted molar refractivity (Wildman–Crippen MR) is 362 cm³/mol. The number of amides is 6. The Labute approximate surface area is 575 Å². The standard InChI is InChI=1S/C51H40N6O23S6.C8H11N5O3/c1-25-9-11-29(49(60)54-37-13-15-41(83(69,70)71)35-21-33(81(63,64)65)23-43(45(35)37)85(75,76)77)19-39(25)56-47(58)27-5-3-7-31(17-27)52-51(62)53-32-8-4-6-28(18-32)48(59)57-40-20-30(12-10-26(40)2)50(61)55-38-14-16-42(84(72,73)74)36-22-34(82(66,67)68)24-44(46(36)38)86(78,79)80;9-8-11-6-5(7(15)12-8)10-3-13(6)4-16-2-1-14/h3-24H,1-2H3,(H,54,60)(H,55,61)(H,56,58)(H,57,59)(H2,52,53,62)(H,63,64,65)(H,66,67,68)(H,69,70,71)(H,72,73,74)(H,75,76,77)(H,78,79,80);3,14H,1-2,4H2,(H3,9,11,12,15). The van der Waals surface area contributed by atoms with Gasteiger partial charge in [0.25, 0.3) is 89.9 Å². The number of aliphatic hydroxyl groups excluding tert-OH is 1. The number of hydrogen-bond donors (Lipinski definition) is 15. The van der Waals surface area contributed by atoms with Crippen molar-refractivity contribution < 1.29 is 112 Å². The van der Waals surface area contributed by atoms with Gasteiger partial charge in [-0.15, -0.1) is 0 Å². The molecular weight excluding hydrogens is 1470 g/mol. The van der Waals surface area contributed by atoms with E-state index in [9.17, 15) is 107 Å². The molecule has 0 saturated heterocycles. The number of hydrogen-bond acceptors (Lipinski definition) is 23. The van der Waals surface area contributed by atoms with Crippen LogP contribution >= 0.6 is 0 Å². The van der Waals surface area contributed by atoms with E-state index in [1.165, 1.54) is 95.8 Å². The van der Waals surface area contributed by atoms with Gasteiger partial charge in [0.1, 0.15) is 26.3 Å². The highest BCUT2D eigenvalue weighted by Gasteiger charge is 2.30. The van der Waals surface area contributed by atoms with Gasteiger partial charge in [0.15, 0.2) is 11.2 Å². The number of rotatable bonds is 20. The molecule has 0 fully saturated rings. The van der Waals surface area contributed by atoms with Crippen molar-refractivity contribution in [2.75, 3.05) is 50.8 Å². The third kappa shape index (κ3) is 17.4. The Morgan fingerprint density at radius 3 is 1.25 bits per heavy atom. The zero-order valence-electron chi connectivity index (χ0n) is 51.7. The Morgan fingerprint density at radius 2 is 0.873 bits per heavy atom. The molecule has 0 atom stereocenters. The van der Waals surface area contributed by atoms with Crippen LogP contribution < -0.4 is 43.2 Å². The number of carbonyl (C=O) groups is 5. The van der Waals surface area contributed by atoms with Crippen molar-refractivity contribution in [3.8, 4) is 0 Å². The van der Waals surface area contributed by atoms with Crippen molar-refractivity contribution in [1.82, 2.24) is 19.5 Å². The molecule has 0 bridgehead atoms. The van der Waals surface area contributed by atoms with Crippen molar-refractivity contribution >= 4 is 163 Å². The lowest BCUT2D eigenvalue weighted by Crippen LogP contribution is -2.21. The number of fused-ring (bicyclic) bond motifs is 3. The third-order valence-electron chi connectivity index (χ3n) is 14.4. The number of benzene rings is 8. The summed E-state index contributed by atoms with van der Waals surface area (Å²) in [4.78, 5) is 82.4. The summed E-state index contributed by atoms with van der Waals surface area (Å²) < 4.78 is 213. The number of aliphatic hydroxyl groups is 1. The van der Waals surface area contributed by atoms with Crippen LogP contribution in [0.3, 0.4) is 0 Å². The fourth-order valence-corrected chi connectivity index (χ4v) is 13.9. The molecule has 8 aromatic carbocycles.